The maximum absolute atomic E-state index is 12.6. The molecule has 0 aliphatic carbocycles. The lowest BCUT2D eigenvalue weighted by atomic mass is 10.0. The molecule has 0 amide bonds. The second-order valence-corrected chi connectivity index (χ2v) is 9.03. The van der Waals surface area contributed by atoms with Crippen LogP contribution in [-0.4, -0.2) is 26.4 Å². The normalized spacial score (nSPS) is 15.6. The number of sulfonamides is 1. The van der Waals surface area contributed by atoms with Crippen molar-refractivity contribution in [3.05, 3.63) is 78.4 Å². The second-order valence-electron chi connectivity index (χ2n) is 6.51. The molecule has 1 unspecified atom stereocenters. The molecule has 6 nitrogen and oxygen atoms in total. The van der Waals surface area contributed by atoms with Crippen LogP contribution in [0.3, 0.4) is 0 Å². The van der Waals surface area contributed by atoms with Crippen LogP contribution in [0.15, 0.2) is 82.1 Å². The molecule has 3 aromatic carbocycles. The molecular formula is C22H17N3O3S2. The summed E-state index contributed by atoms with van der Waals surface area (Å²) in [6.07, 6.45) is 1.56. The highest BCUT2D eigenvalue weighted by molar-refractivity contribution is 7.98. The number of nitriles is 1. The number of rotatable bonds is 6. The van der Waals surface area contributed by atoms with Gasteiger partial charge in [0.1, 0.15) is 17.6 Å². The lowest BCUT2D eigenvalue weighted by Gasteiger charge is -2.14. The van der Waals surface area contributed by atoms with Gasteiger partial charge in [0, 0.05) is 17.5 Å². The van der Waals surface area contributed by atoms with Crippen molar-refractivity contribution in [2.45, 2.75) is 10.9 Å². The van der Waals surface area contributed by atoms with E-state index in [1.807, 2.05) is 60.7 Å². The Morgan fingerprint density at radius 1 is 1.03 bits per heavy atom. The molecule has 0 saturated heterocycles. The van der Waals surface area contributed by atoms with Gasteiger partial charge in [0.25, 0.3) is 0 Å². The molecule has 0 bridgehead atoms. The van der Waals surface area contributed by atoms with Crippen molar-refractivity contribution < 1.29 is 13.2 Å². The van der Waals surface area contributed by atoms with Crippen LogP contribution in [0.25, 0.3) is 11.1 Å². The number of hydrogen-bond donors (Lipinski definition) is 1. The second kappa shape index (κ2) is 8.71. The highest BCUT2D eigenvalue weighted by Crippen LogP contribution is 2.35. The molecule has 0 spiro atoms. The van der Waals surface area contributed by atoms with Gasteiger partial charge >= 0.3 is 0 Å². The molecule has 30 heavy (non-hydrogen) atoms. The summed E-state index contributed by atoms with van der Waals surface area (Å²) in [6, 6.07) is 23.2. The zero-order valence-corrected chi connectivity index (χ0v) is 17.4. The SMILES string of the molecule is N#Cc1cc(S(=O)(=O)NC2C=NSC2)ccc1Oc1ccccc1-c1ccccc1. The molecule has 0 saturated carbocycles. The number of nitrogens with zero attached hydrogens (tertiary/aromatic N) is 2. The van der Waals surface area contributed by atoms with E-state index in [1.54, 1.807) is 6.21 Å². The van der Waals surface area contributed by atoms with Crippen molar-refractivity contribution in [1.82, 2.24) is 4.72 Å². The van der Waals surface area contributed by atoms with Crippen LogP contribution in [0.2, 0.25) is 0 Å². The molecule has 1 aliphatic heterocycles. The van der Waals surface area contributed by atoms with Gasteiger partial charge in [-0.15, -0.1) is 0 Å². The smallest absolute Gasteiger partial charge is 0.241 e. The Balaban J connectivity index is 1.64. The summed E-state index contributed by atoms with van der Waals surface area (Å²) >= 11 is 1.30. The first kappa shape index (κ1) is 20.2. The molecular weight excluding hydrogens is 418 g/mol. The number of hydrogen-bond acceptors (Lipinski definition) is 6. The fraction of sp³-hybridized carbons (Fsp3) is 0.0909. The Morgan fingerprint density at radius 2 is 1.80 bits per heavy atom. The Labute approximate surface area is 179 Å². The van der Waals surface area contributed by atoms with Crippen LogP contribution >= 0.6 is 11.9 Å². The molecule has 1 N–H and O–H groups in total. The van der Waals surface area contributed by atoms with Gasteiger partial charge in [-0.1, -0.05) is 48.5 Å². The predicted octanol–water partition coefficient (Wildman–Crippen LogP) is 4.40. The number of para-hydroxylation sites is 1. The van der Waals surface area contributed by atoms with Crippen molar-refractivity contribution in [3.63, 3.8) is 0 Å². The van der Waals surface area contributed by atoms with Gasteiger partial charge in [0.05, 0.1) is 16.5 Å². The van der Waals surface area contributed by atoms with Crippen LogP contribution in [0.1, 0.15) is 5.56 Å². The third-order valence-electron chi connectivity index (χ3n) is 4.45. The fourth-order valence-electron chi connectivity index (χ4n) is 3.00. The highest BCUT2D eigenvalue weighted by Gasteiger charge is 2.23. The summed E-state index contributed by atoms with van der Waals surface area (Å²) in [5.41, 5.74) is 1.99. The topological polar surface area (TPSA) is 91.5 Å². The monoisotopic (exact) mass is 435 g/mol. The molecule has 1 aliphatic rings. The first-order chi connectivity index (χ1) is 14.6. The van der Waals surface area contributed by atoms with Crippen molar-refractivity contribution in [1.29, 1.82) is 5.26 Å². The first-order valence-electron chi connectivity index (χ1n) is 9.11. The maximum atomic E-state index is 12.6. The van der Waals surface area contributed by atoms with E-state index in [0.29, 0.717) is 11.5 Å². The summed E-state index contributed by atoms with van der Waals surface area (Å²) in [7, 11) is -3.78. The van der Waals surface area contributed by atoms with Gasteiger partial charge in [0.2, 0.25) is 10.0 Å². The van der Waals surface area contributed by atoms with E-state index in [4.69, 9.17) is 4.74 Å². The standard InChI is InChI=1S/C22H17N3O3S2/c23-13-17-12-19(30(26,27)25-18-14-24-29-15-18)10-11-21(17)28-22-9-5-4-8-20(22)16-6-2-1-3-7-16/h1-12,14,18,25H,15H2. The fourth-order valence-corrected chi connectivity index (χ4v) is 4.95. The molecule has 0 aromatic heterocycles. The first-order valence-corrected chi connectivity index (χ1v) is 11.5. The third-order valence-corrected chi connectivity index (χ3v) is 6.72. The molecule has 1 atom stereocenters. The Hall–Kier alpha value is -3.12. The summed E-state index contributed by atoms with van der Waals surface area (Å²) < 4.78 is 37.8. The van der Waals surface area contributed by atoms with Crippen molar-refractivity contribution in [3.8, 4) is 28.7 Å². The molecule has 1 heterocycles. The number of ether oxygens (including phenoxy) is 1. The van der Waals surface area contributed by atoms with E-state index in [1.165, 1.54) is 30.1 Å². The zero-order chi connectivity index (χ0) is 21.0. The van der Waals surface area contributed by atoms with Gasteiger partial charge in [-0.25, -0.2) is 17.5 Å². The Bertz CT molecular complexity index is 1240. The van der Waals surface area contributed by atoms with Crippen molar-refractivity contribution in [2.24, 2.45) is 4.40 Å². The molecule has 0 fully saturated rings. The predicted molar refractivity (Wildman–Crippen MR) is 118 cm³/mol. The van der Waals surface area contributed by atoms with Crippen LogP contribution in [0.4, 0.5) is 0 Å². The zero-order valence-electron chi connectivity index (χ0n) is 15.7. The van der Waals surface area contributed by atoms with E-state index in [9.17, 15) is 13.7 Å². The van der Waals surface area contributed by atoms with E-state index < -0.39 is 10.0 Å². The maximum Gasteiger partial charge on any atom is 0.241 e. The summed E-state index contributed by atoms with van der Waals surface area (Å²) in [5, 5.41) is 9.59. The third kappa shape index (κ3) is 4.39. The van der Waals surface area contributed by atoms with Crippen LogP contribution < -0.4 is 9.46 Å². The summed E-state index contributed by atoms with van der Waals surface area (Å²) in [4.78, 5) is 0.00745. The van der Waals surface area contributed by atoms with Gasteiger partial charge in [-0.3, -0.25) is 0 Å². The van der Waals surface area contributed by atoms with Gasteiger partial charge in [-0.2, -0.15) is 5.26 Å². The van der Waals surface area contributed by atoms with E-state index in [2.05, 4.69) is 9.12 Å². The largest absolute Gasteiger partial charge is 0.455 e. The Kier molecular flexibility index (Phi) is 5.86. The van der Waals surface area contributed by atoms with Crippen molar-refractivity contribution >= 4 is 28.2 Å². The number of benzene rings is 3. The number of nitrogens with one attached hydrogen (secondary N) is 1. The minimum atomic E-state index is -3.78. The van der Waals surface area contributed by atoms with E-state index in [-0.39, 0.29) is 22.3 Å². The minimum Gasteiger partial charge on any atom is -0.455 e. The molecule has 3 aromatic rings. The lowest BCUT2D eigenvalue weighted by molar-refractivity contribution is 0.482. The Morgan fingerprint density at radius 3 is 2.53 bits per heavy atom. The summed E-state index contributed by atoms with van der Waals surface area (Å²) in [6.45, 7) is 0. The molecule has 4 rings (SSSR count). The molecule has 150 valence electrons. The van der Waals surface area contributed by atoms with Crippen LogP contribution in [-0.2, 0) is 10.0 Å². The quantitative estimate of drug-likeness (QED) is 0.580. The highest BCUT2D eigenvalue weighted by atomic mass is 32.2. The van der Waals surface area contributed by atoms with Crippen LogP contribution in [0.5, 0.6) is 11.5 Å². The van der Waals surface area contributed by atoms with Gasteiger partial charge < -0.3 is 4.74 Å². The van der Waals surface area contributed by atoms with Crippen LogP contribution in [0, 0.1) is 11.3 Å². The van der Waals surface area contributed by atoms with Crippen molar-refractivity contribution in [2.75, 3.05) is 5.75 Å². The van der Waals surface area contributed by atoms with Gasteiger partial charge in [0.15, 0.2) is 0 Å². The molecule has 0 radical (unpaired) electrons. The molecule has 8 heteroatoms. The summed E-state index contributed by atoms with van der Waals surface area (Å²) in [5.74, 6) is 1.41. The lowest BCUT2D eigenvalue weighted by Crippen LogP contribution is -2.36. The van der Waals surface area contributed by atoms with E-state index in [0.717, 1.165) is 11.1 Å². The average Bonchev–Trinajstić information content (AvgIpc) is 3.27. The average molecular weight is 436 g/mol. The van der Waals surface area contributed by atoms with E-state index >= 15 is 0 Å². The minimum absolute atomic E-state index is 0.00745. The van der Waals surface area contributed by atoms with Gasteiger partial charge in [-0.05, 0) is 41.8 Å².